The molecule has 5 heterocycles. The number of hydrogen-bond donors (Lipinski definition) is 0. The number of benzene rings is 9. The third kappa shape index (κ3) is 4.48. The first kappa shape index (κ1) is 32.6. The van der Waals surface area contributed by atoms with E-state index in [-0.39, 0.29) is 0 Å². The van der Waals surface area contributed by atoms with E-state index < -0.39 is 0 Å². The molecule has 0 N–H and O–H groups in total. The number of imidazole rings is 2. The molecule has 6 heteroatoms. The average molecular weight is 780 g/mol. The maximum atomic E-state index is 6.20. The molecule has 9 aromatic carbocycles. The van der Waals surface area contributed by atoms with Gasteiger partial charge in [-0.05, 0) is 108 Å². The van der Waals surface area contributed by atoms with Crippen LogP contribution in [0.5, 0.6) is 0 Å². The van der Waals surface area contributed by atoms with Crippen LogP contribution in [0.1, 0.15) is 0 Å². The largest absolute Gasteiger partial charge is 0.456 e. The van der Waals surface area contributed by atoms with Crippen LogP contribution in [0.2, 0.25) is 0 Å². The number of nitrogens with zero attached hydrogens (tertiary/aromatic N) is 5. The highest BCUT2D eigenvalue weighted by Crippen LogP contribution is 2.41. The first-order valence-corrected chi connectivity index (χ1v) is 20.7. The molecule has 0 unspecified atom stereocenters. The Hall–Kier alpha value is -8.35. The van der Waals surface area contributed by atoms with Gasteiger partial charge in [0.25, 0.3) is 0 Å². The van der Waals surface area contributed by atoms with E-state index in [9.17, 15) is 0 Å². The Morgan fingerprint density at radius 3 is 1.85 bits per heavy atom. The van der Waals surface area contributed by atoms with Gasteiger partial charge in [0.1, 0.15) is 11.2 Å². The van der Waals surface area contributed by atoms with Gasteiger partial charge < -0.3 is 13.6 Å². The second-order valence-corrected chi connectivity index (χ2v) is 16.0. The van der Waals surface area contributed by atoms with Gasteiger partial charge in [-0.25, -0.2) is 4.98 Å². The molecule has 0 fully saturated rings. The Bertz CT molecular complexity index is 4130. The molecular formula is C55H33N5O. The van der Waals surface area contributed by atoms with Crippen molar-refractivity contribution >= 4 is 93.4 Å². The summed E-state index contributed by atoms with van der Waals surface area (Å²) < 4.78 is 15.6. The lowest BCUT2D eigenvalue weighted by atomic mass is 10.0. The van der Waals surface area contributed by atoms with Crippen molar-refractivity contribution in [1.82, 2.24) is 23.1 Å². The van der Waals surface area contributed by atoms with E-state index in [1.807, 2.05) is 12.1 Å². The van der Waals surface area contributed by atoms with Crippen LogP contribution in [0.4, 0.5) is 0 Å². The highest BCUT2D eigenvalue weighted by Gasteiger charge is 2.22. The van der Waals surface area contributed by atoms with Crippen molar-refractivity contribution in [1.29, 1.82) is 0 Å². The Labute approximate surface area is 348 Å². The lowest BCUT2D eigenvalue weighted by molar-refractivity contribution is 0.669. The van der Waals surface area contributed by atoms with E-state index in [4.69, 9.17) is 9.40 Å². The topological polar surface area (TPSA) is 45.2 Å². The second kappa shape index (κ2) is 12.1. The van der Waals surface area contributed by atoms with E-state index in [1.54, 1.807) is 0 Å². The van der Waals surface area contributed by atoms with Crippen LogP contribution in [0.25, 0.3) is 122 Å². The zero-order chi connectivity index (χ0) is 39.8. The molecule has 0 bridgehead atoms. The maximum absolute atomic E-state index is 6.20. The van der Waals surface area contributed by atoms with Gasteiger partial charge in [-0.1, -0.05) is 103 Å². The lowest BCUT2D eigenvalue weighted by Gasteiger charge is -2.12. The predicted molar refractivity (Wildman–Crippen MR) is 251 cm³/mol. The van der Waals surface area contributed by atoms with Gasteiger partial charge in [0.2, 0.25) is 5.78 Å². The first-order valence-electron chi connectivity index (χ1n) is 20.7. The molecule has 14 rings (SSSR count). The number of para-hydroxylation sites is 7. The van der Waals surface area contributed by atoms with Crippen molar-refractivity contribution < 1.29 is 4.42 Å². The predicted octanol–water partition coefficient (Wildman–Crippen LogP) is 14.2. The van der Waals surface area contributed by atoms with Gasteiger partial charge in [-0.3, -0.25) is 8.97 Å². The van der Waals surface area contributed by atoms with Crippen LogP contribution in [0, 0.1) is 0 Å². The van der Waals surface area contributed by atoms with Crippen molar-refractivity contribution in [3.05, 3.63) is 200 Å². The van der Waals surface area contributed by atoms with Gasteiger partial charge >= 0.3 is 0 Å². The highest BCUT2D eigenvalue weighted by molar-refractivity contribution is 6.15. The zero-order valence-corrected chi connectivity index (χ0v) is 32.7. The molecule has 0 saturated carbocycles. The smallest absolute Gasteiger partial charge is 0.220 e. The molecule has 14 aromatic rings. The van der Waals surface area contributed by atoms with Crippen molar-refractivity contribution in [3.8, 4) is 28.2 Å². The zero-order valence-electron chi connectivity index (χ0n) is 32.7. The van der Waals surface area contributed by atoms with Crippen LogP contribution < -0.4 is 0 Å². The van der Waals surface area contributed by atoms with Crippen LogP contribution in [0.15, 0.2) is 205 Å². The number of hydrogen-bond acceptors (Lipinski definition) is 2. The molecule has 0 aliphatic rings. The third-order valence-electron chi connectivity index (χ3n) is 12.8. The van der Waals surface area contributed by atoms with Crippen molar-refractivity contribution in [2.45, 2.75) is 0 Å². The van der Waals surface area contributed by atoms with Gasteiger partial charge in [0.15, 0.2) is 0 Å². The Kier molecular flexibility index (Phi) is 6.46. The van der Waals surface area contributed by atoms with E-state index >= 15 is 0 Å². The van der Waals surface area contributed by atoms with E-state index in [0.717, 1.165) is 83.4 Å². The molecule has 6 nitrogen and oxygen atoms in total. The number of aromatic nitrogens is 5. The fraction of sp³-hybridized carbons (Fsp3) is 0. The Morgan fingerprint density at radius 1 is 0.344 bits per heavy atom. The Morgan fingerprint density at radius 2 is 0.967 bits per heavy atom. The summed E-state index contributed by atoms with van der Waals surface area (Å²) in [6, 6.07) is 71.9. The lowest BCUT2D eigenvalue weighted by Crippen LogP contribution is -1.97. The monoisotopic (exact) mass is 779 g/mol. The number of rotatable bonds is 4. The molecule has 0 radical (unpaired) electrons. The van der Waals surface area contributed by atoms with E-state index in [2.05, 4.69) is 206 Å². The summed E-state index contributed by atoms with van der Waals surface area (Å²) in [7, 11) is 0. The fourth-order valence-corrected chi connectivity index (χ4v) is 10.2. The standard InChI is InChI=1S/C55H33N5O/c1-5-19-44-38(15-1)41-32-35(27-29-46(41)57(44)37-28-30-53-42(33-37)39-16-3-10-26-52(39)61-53)34-13-11-14-36(31-34)58-45-20-6-2-17-40(45)54-50(58)24-12-25-51(54)60-49-23-9-8-22-48(49)59-47-21-7-4-18-43(47)56-55(59)60/h1-33H. The van der Waals surface area contributed by atoms with Crippen LogP contribution >= 0.6 is 0 Å². The molecule has 61 heavy (non-hydrogen) atoms. The summed E-state index contributed by atoms with van der Waals surface area (Å²) in [6.45, 7) is 0. The van der Waals surface area contributed by atoms with E-state index in [1.165, 1.54) is 38.1 Å². The SMILES string of the molecule is c1cc(-c2ccc3c(c2)c2ccccc2n3-c2ccc3oc4ccccc4c3c2)cc(-n2c3ccccc3c3c(-n4c5ccccc5n5c6ccccc6nc45)cccc32)c1. The van der Waals surface area contributed by atoms with Crippen LogP contribution in [0.3, 0.4) is 0 Å². The minimum absolute atomic E-state index is 0.898. The second-order valence-electron chi connectivity index (χ2n) is 16.0. The third-order valence-corrected chi connectivity index (χ3v) is 12.8. The van der Waals surface area contributed by atoms with Crippen molar-refractivity contribution in [2.75, 3.05) is 0 Å². The molecule has 0 spiro atoms. The van der Waals surface area contributed by atoms with Gasteiger partial charge in [-0.15, -0.1) is 0 Å². The van der Waals surface area contributed by atoms with Crippen LogP contribution in [-0.4, -0.2) is 23.1 Å². The summed E-state index contributed by atoms with van der Waals surface area (Å²) in [5.41, 5.74) is 16.4. The quantitative estimate of drug-likeness (QED) is 0.179. The molecule has 0 aliphatic carbocycles. The van der Waals surface area contributed by atoms with Crippen LogP contribution in [-0.2, 0) is 0 Å². The summed E-state index contributed by atoms with van der Waals surface area (Å²) in [5.74, 6) is 0.904. The Balaban J connectivity index is 0.951. The number of fused-ring (bicyclic) bond motifs is 14. The molecule has 5 aromatic heterocycles. The molecule has 284 valence electrons. The summed E-state index contributed by atoms with van der Waals surface area (Å²) in [5, 5.41) is 7.07. The summed E-state index contributed by atoms with van der Waals surface area (Å²) >= 11 is 0. The normalized spacial score (nSPS) is 12.3. The summed E-state index contributed by atoms with van der Waals surface area (Å²) in [4.78, 5) is 5.22. The van der Waals surface area contributed by atoms with Crippen molar-refractivity contribution in [2.24, 2.45) is 0 Å². The number of furan rings is 1. The van der Waals surface area contributed by atoms with Gasteiger partial charge in [0.05, 0.1) is 49.8 Å². The van der Waals surface area contributed by atoms with E-state index in [0.29, 0.717) is 0 Å². The molecule has 0 amide bonds. The first-order chi connectivity index (χ1) is 30.3. The van der Waals surface area contributed by atoms with Gasteiger partial charge in [-0.2, -0.15) is 0 Å². The fourth-order valence-electron chi connectivity index (χ4n) is 10.2. The molecule has 0 aliphatic heterocycles. The minimum atomic E-state index is 0.898. The highest BCUT2D eigenvalue weighted by atomic mass is 16.3. The molecule has 0 saturated heterocycles. The maximum Gasteiger partial charge on any atom is 0.220 e. The minimum Gasteiger partial charge on any atom is -0.456 e. The van der Waals surface area contributed by atoms with Crippen molar-refractivity contribution in [3.63, 3.8) is 0 Å². The molecule has 0 atom stereocenters. The average Bonchev–Trinajstić information content (AvgIpc) is 4.12. The summed E-state index contributed by atoms with van der Waals surface area (Å²) in [6.07, 6.45) is 0. The molecular weight excluding hydrogens is 747 g/mol. The van der Waals surface area contributed by atoms with Gasteiger partial charge in [0, 0.05) is 43.7 Å².